The Morgan fingerprint density at radius 1 is 1.55 bits per heavy atom. The van der Waals surface area contributed by atoms with E-state index in [4.69, 9.17) is 0 Å². The van der Waals surface area contributed by atoms with E-state index < -0.39 is 0 Å². The lowest BCUT2D eigenvalue weighted by Gasteiger charge is -2.00. The van der Waals surface area contributed by atoms with Crippen molar-refractivity contribution in [2.24, 2.45) is 7.05 Å². The molecule has 0 aliphatic carbocycles. The van der Waals surface area contributed by atoms with Crippen molar-refractivity contribution in [2.45, 2.75) is 24.7 Å². The van der Waals surface area contributed by atoms with Crippen LogP contribution in [0.2, 0.25) is 0 Å². The highest BCUT2D eigenvalue weighted by atomic mass is 32.2. The Kier molecular flexibility index (Phi) is 2.60. The SMILES string of the molecule is CSc1cn(C)nc1C(C)C. The predicted octanol–water partition coefficient (Wildman–Crippen LogP) is 2.27. The second kappa shape index (κ2) is 3.30. The van der Waals surface area contributed by atoms with Crippen LogP contribution in [-0.4, -0.2) is 16.0 Å². The molecular formula is C8H14N2S. The molecule has 0 fully saturated rings. The molecule has 0 saturated carbocycles. The van der Waals surface area contributed by atoms with Gasteiger partial charge in [0.2, 0.25) is 0 Å². The summed E-state index contributed by atoms with van der Waals surface area (Å²) in [6, 6.07) is 0. The van der Waals surface area contributed by atoms with E-state index in [0.29, 0.717) is 5.92 Å². The minimum Gasteiger partial charge on any atom is -0.274 e. The van der Waals surface area contributed by atoms with Crippen LogP contribution < -0.4 is 0 Å². The standard InChI is InChI=1S/C8H14N2S/c1-6(2)8-7(11-4)5-10(3)9-8/h5-6H,1-4H3. The molecule has 0 saturated heterocycles. The second-order valence-electron chi connectivity index (χ2n) is 2.91. The number of nitrogens with zero attached hydrogens (tertiary/aromatic N) is 2. The molecule has 0 aliphatic rings. The molecule has 0 radical (unpaired) electrons. The quantitative estimate of drug-likeness (QED) is 0.634. The lowest BCUT2D eigenvalue weighted by molar-refractivity contribution is 0.711. The van der Waals surface area contributed by atoms with Gasteiger partial charge in [0, 0.05) is 18.1 Å². The number of hydrogen-bond donors (Lipinski definition) is 0. The molecule has 1 aromatic heterocycles. The van der Waals surface area contributed by atoms with Gasteiger partial charge >= 0.3 is 0 Å². The summed E-state index contributed by atoms with van der Waals surface area (Å²) >= 11 is 1.76. The van der Waals surface area contributed by atoms with Gasteiger partial charge in [-0.05, 0) is 12.2 Å². The fraction of sp³-hybridized carbons (Fsp3) is 0.625. The van der Waals surface area contributed by atoms with Crippen molar-refractivity contribution in [3.8, 4) is 0 Å². The number of aromatic nitrogens is 2. The van der Waals surface area contributed by atoms with Gasteiger partial charge in [-0.3, -0.25) is 4.68 Å². The fourth-order valence-corrected chi connectivity index (χ4v) is 1.78. The molecule has 1 aromatic rings. The van der Waals surface area contributed by atoms with Gasteiger partial charge in [-0.25, -0.2) is 0 Å². The Morgan fingerprint density at radius 3 is 2.55 bits per heavy atom. The van der Waals surface area contributed by atoms with Crippen molar-refractivity contribution in [2.75, 3.05) is 6.26 Å². The molecular weight excluding hydrogens is 156 g/mol. The Morgan fingerprint density at radius 2 is 2.18 bits per heavy atom. The molecule has 11 heavy (non-hydrogen) atoms. The van der Waals surface area contributed by atoms with Crippen molar-refractivity contribution in [1.82, 2.24) is 9.78 Å². The Labute approximate surface area is 72.0 Å². The van der Waals surface area contributed by atoms with Gasteiger partial charge in [0.05, 0.1) is 5.69 Å². The van der Waals surface area contributed by atoms with Crippen LogP contribution >= 0.6 is 11.8 Å². The second-order valence-corrected chi connectivity index (χ2v) is 3.76. The lowest BCUT2D eigenvalue weighted by atomic mass is 10.1. The highest BCUT2D eigenvalue weighted by Gasteiger charge is 2.09. The van der Waals surface area contributed by atoms with Gasteiger partial charge < -0.3 is 0 Å². The minimum atomic E-state index is 0.527. The molecule has 2 nitrogen and oxygen atoms in total. The van der Waals surface area contributed by atoms with Crippen LogP contribution in [0.25, 0.3) is 0 Å². The summed E-state index contributed by atoms with van der Waals surface area (Å²) in [4.78, 5) is 1.29. The van der Waals surface area contributed by atoms with Crippen LogP contribution in [0.1, 0.15) is 25.5 Å². The molecule has 0 aliphatic heterocycles. The maximum Gasteiger partial charge on any atom is 0.0785 e. The summed E-state index contributed by atoms with van der Waals surface area (Å²) in [5, 5.41) is 4.38. The highest BCUT2D eigenvalue weighted by molar-refractivity contribution is 7.98. The van der Waals surface area contributed by atoms with Crippen LogP contribution in [0.5, 0.6) is 0 Å². The summed E-state index contributed by atoms with van der Waals surface area (Å²) in [5.41, 5.74) is 1.21. The average Bonchev–Trinajstić information content (AvgIpc) is 2.30. The van der Waals surface area contributed by atoms with Crippen LogP contribution in [-0.2, 0) is 7.05 Å². The first-order valence-corrected chi connectivity index (χ1v) is 4.95. The topological polar surface area (TPSA) is 17.8 Å². The van der Waals surface area contributed by atoms with Crippen molar-refractivity contribution < 1.29 is 0 Å². The molecule has 0 unspecified atom stereocenters. The molecule has 0 aromatic carbocycles. The van der Waals surface area contributed by atoms with Crippen LogP contribution in [0.15, 0.2) is 11.1 Å². The van der Waals surface area contributed by atoms with Gasteiger partial charge in [0.25, 0.3) is 0 Å². The van der Waals surface area contributed by atoms with Crippen molar-refractivity contribution in [1.29, 1.82) is 0 Å². The highest BCUT2D eigenvalue weighted by Crippen LogP contribution is 2.24. The van der Waals surface area contributed by atoms with Gasteiger partial charge in [-0.15, -0.1) is 11.8 Å². The number of hydrogen-bond acceptors (Lipinski definition) is 2. The summed E-state index contributed by atoms with van der Waals surface area (Å²) in [6.45, 7) is 4.34. The van der Waals surface area contributed by atoms with Crippen LogP contribution in [0.3, 0.4) is 0 Å². The normalized spacial score (nSPS) is 11.0. The minimum absolute atomic E-state index is 0.527. The first-order valence-electron chi connectivity index (χ1n) is 3.72. The van der Waals surface area contributed by atoms with E-state index >= 15 is 0 Å². The molecule has 0 N–H and O–H groups in total. The van der Waals surface area contributed by atoms with Gasteiger partial charge in [-0.2, -0.15) is 5.10 Å². The molecule has 3 heteroatoms. The van der Waals surface area contributed by atoms with Crippen LogP contribution in [0, 0.1) is 0 Å². The fourth-order valence-electron chi connectivity index (χ4n) is 1.04. The third-order valence-corrected chi connectivity index (χ3v) is 2.34. The Bertz CT molecular complexity index is 240. The maximum atomic E-state index is 4.38. The largest absolute Gasteiger partial charge is 0.274 e. The van der Waals surface area contributed by atoms with E-state index in [1.807, 2.05) is 11.7 Å². The molecule has 62 valence electrons. The third-order valence-electron chi connectivity index (χ3n) is 1.59. The maximum absolute atomic E-state index is 4.38. The van der Waals surface area contributed by atoms with Crippen molar-refractivity contribution >= 4 is 11.8 Å². The first kappa shape index (κ1) is 8.65. The molecule has 0 bridgehead atoms. The number of rotatable bonds is 2. The van der Waals surface area contributed by atoms with Crippen LogP contribution in [0.4, 0.5) is 0 Å². The zero-order valence-electron chi connectivity index (χ0n) is 7.46. The van der Waals surface area contributed by atoms with Gasteiger partial charge in [0.15, 0.2) is 0 Å². The Hall–Kier alpha value is -0.440. The summed E-state index contributed by atoms with van der Waals surface area (Å²) in [5.74, 6) is 0.527. The third kappa shape index (κ3) is 1.77. The zero-order valence-corrected chi connectivity index (χ0v) is 8.27. The van der Waals surface area contributed by atoms with E-state index in [0.717, 1.165) is 0 Å². The first-order chi connectivity index (χ1) is 5.15. The summed E-state index contributed by atoms with van der Waals surface area (Å²) < 4.78 is 1.88. The van der Waals surface area contributed by atoms with E-state index in [2.05, 4.69) is 31.4 Å². The smallest absolute Gasteiger partial charge is 0.0785 e. The zero-order chi connectivity index (χ0) is 8.43. The summed E-state index contributed by atoms with van der Waals surface area (Å²) in [7, 11) is 1.96. The molecule has 1 rings (SSSR count). The number of thioether (sulfide) groups is 1. The molecule has 0 spiro atoms. The average molecular weight is 170 g/mol. The van der Waals surface area contributed by atoms with E-state index in [1.54, 1.807) is 11.8 Å². The molecule has 0 amide bonds. The monoisotopic (exact) mass is 170 g/mol. The van der Waals surface area contributed by atoms with Gasteiger partial charge in [-0.1, -0.05) is 13.8 Å². The Balaban J connectivity index is 3.02. The van der Waals surface area contributed by atoms with E-state index in [-0.39, 0.29) is 0 Å². The van der Waals surface area contributed by atoms with Crippen molar-refractivity contribution in [3.63, 3.8) is 0 Å². The van der Waals surface area contributed by atoms with Crippen molar-refractivity contribution in [3.05, 3.63) is 11.9 Å². The molecule has 1 heterocycles. The predicted molar refractivity (Wildman–Crippen MR) is 49.1 cm³/mol. The lowest BCUT2D eigenvalue weighted by Crippen LogP contribution is -1.92. The van der Waals surface area contributed by atoms with E-state index in [1.165, 1.54) is 10.6 Å². The molecule has 0 atom stereocenters. The van der Waals surface area contributed by atoms with Gasteiger partial charge in [0.1, 0.15) is 0 Å². The number of aryl methyl sites for hydroxylation is 1. The van der Waals surface area contributed by atoms with E-state index in [9.17, 15) is 0 Å². The summed E-state index contributed by atoms with van der Waals surface area (Å²) in [6.07, 6.45) is 4.16.